The smallest absolute Gasteiger partial charge is 0.307 e. The van der Waals surface area contributed by atoms with Crippen LogP contribution in [-0.4, -0.2) is 26.4 Å². The number of carbonyl (C=O) groups is 1. The lowest BCUT2D eigenvalue weighted by Gasteiger charge is -2.06. The molecule has 0 unspecified atom stereocenters. The van der Waals surface area contributed by atoms with Crippen molar-refractivity contribution in [3.05, 3.63) is 18.2 Å². The molecule has 1 heterocycles. The van der Waals surface area contributed by atoms with Crippen molar-refractivity contribution < 1.29 is 19.0 Å². The third-order valence-corrected chi connectivity index (χ3v) is 2.26. The Balaban J connectivity index is 1.88. The van der Waals surface area contributed by atoms with Crippen molar-refractivity contribution in [1.29, 1.82) is 0 Å². The van der Waals surface area contributed by atoms with Gasteiger partial charge in [-0.1, -0.05) is 0 Å². The van der Waals surface area contributed by atoms with Crippen molar-refractivity contribution in [3.63, 3.8) is 0 Å². The van der Waals surface area contributed by atoms with Crippen molar-refractivity contribution in [2.75, 3.05) is 25.8 Å². The van der Waals surface area contributed by atoms with Crippen LogP contribution in [0.4, 0.5) is 5.69 Å². The van der Waals surface area contributed by atoms with Gasteiger partial charge in [-0.3, -0.25) is 4.79 Å². The van der Waals surface area contributed by atoms with Crippen molar-refractivity contribution in [2.45, 2.75) is 6.42 Å². The first-order valence-electron chi connectivity index (χ1n) is 5.00. The van der Waals surface area contributed by atoms with Crippen LogP contribution in [0.5, 0.6) is 11.5 Å². The first kappa shape index (κ1) is 10.6. The fourth-order valence-corrected chi connectivity index (χ4v) is 1.42. The standard InChI is InChI=1S/C11H13NO4/c1-14-11(13)4-5-12-8-2-3-9-10(6-8)16-7-15-9/h2-3,6,12H,4-5,7H2,1H3. The maximum atomic E-state index is 10.9. The number of rotatable bonds is 4. The summed E-state index contributed by atoms with van der Waals surface area (Å²) < 4.78 is 15.0. The summed E-state index contributed by atoms with van der Waals surface area (Å²) in [6.45, 7) is 0.799. The Morgan fingerprint density at radius 3 is 3.06 bits per heavy atom. The molecule has 0 aromatic heterocycles. The number of hydrogen-bond acceptors (Lipinski definition) is 5. The maximum absolute atomic E-state index is 10.9. The third-order valence-electron chi connectivity index (χ3n) is 2.26. The van der Waals surface area contributed by atoms with E-state index < -0.39 is 0 Å². The molecule has 1 aromatic carbocycles. The normalized spacial score (nSPS) is 12.3. The molecule has 2 rings (SSSR count). The van der Waals surface area contributed by atoms with Crippen molar-refractivity contribution in [2.24, 2.45) is 0 Å². The van der Waals surface area contributed by atoms with E-state index in [4.69, 9.17) is 9.47 Å². The van der Waals surface area contributed by atoms with Gasteiger partial charge in [0.1, 0.15) is 0 Å². The van der Waals surface area contributed by atoms with E-state index in [2.05, 4.69) is 10.1 Å². The van der Waals surface area contributed by atoms with Gasteiger partial charge < -0.3 is 19.5 Å². The number of esters is 1. The Labute approximate surface area is 93.3 Å². The fourth-order valence-electron chi connectivity index (χ4n) is 1.42. The minimum atomic E-state index is -0.228. The highest BCUT2D eigenvalue weighted by Crippen LogP contribution is 2.34. The summed E-state index contributed by atoms with van der Waals surface area (Å²) in [7, 11) is 1.38. The number of benzene rings is 1. The molecule has 1 aliphatic heterocycles. The molecule has 0 spiro atoms. The highest BCUT2D eigenvalue weighted by Gasteiger charge is 2.12. The predicted octanol–water partition coefficient (Wildman–Crippen LogP) is 1.39. The van der Waals surface area contributed by atoms with Crippen molar-refractivity contribution in [1.82, 2.24) is 0 Å². The predicted molar refractivity (Wildman–Crippen MR) is 57.7 cm³/mol. The summed E-state index contributed by atoms with van der Waals surface area (Å²) in [5.74, 6) is 1.25. The monoisotopic (exact) mass is 223 g/mol. The minimum Gasteiger partial charge on any atom is -0.469 e. The lowest BCUT2D eigenvalue weighted by atomic mass is 10.2. The van der Waals surface area contributed by atoms with Crippen LogP contribution in [0, 0.1) is 0 Å². The molecule has 5 heteroatoms. The first-order chi connectivity index (χ1) is 7.79. The lowest BCUT2D eigenvalue weighted by Crippen LogP contribution is -2.09. The van der Waals surface area contributed by atoms with Gasteiger partial charge in [0.15, 0.2) is 11.5 Å². The molecular weight excluding hydrogens is 210 g/mol. The Bertz CT molecular complexity index is 392. The molecule has 0 radical (unpaired) electrons. The minimum absolute atomic E-state index is 0.228. The van der Waals surface area contributed by atoms with Crippen LogP contribution in [0.1, 0.15) is 6.42 Å². The summed E-state index contributed by atoms with van der Waals surface area (Å²) in [5, 5.41) is 3.10. The lowest BCUT2D eigenvalue weighted by molar-refractivity contribution is -0.140. The van der Waals surface area contributed by atoms with Crippen LogP contribution < -0.4 is 14.8 Å². The molecular formula is C11H13NO4. The molecule has 1 aliphatic rings. The zero-order chi connectivity index (χ0) is 11.4. The topological polar surface area (TPSA) is 56.8 Å². The Hall–Kier alpha value is -1.91. The second-order valence-electron chi connectivity index (χ2n) is 3.32. The molecule has 86 valence electrons. The Morgan fingerprint density at radius 2 is 2.25 bits per heavy atom. The van der Waals surface area contributed by atoms with Crippen LogP contribution in [0.2, 0.25) is 0 Å². The number of ether oxygens (including phenoxy) is 3. The number of fused-ring (bicyclic) bond motifs is 1. The van der Waals surface area contributed by atoms with Crippen LogP contribution in [-0.2, 0) is 9.53 Å². The molecule has 0 fully saturated rings. The molecule has 0 amide bonds. The molecule has 1 N–H and O–H groups in total. The highest BCUT2D eigenvalue weighted by molar-refractivity contribution is 5.70. The zero-order valence-electron chi connectivity index (χ0n) is 8.99. The van der Waals surface area contributed by atoms with Gasteiger partial charge in [0.25, 0.3) is 0 Å². The van der Waals surface area contributed by atoms with E-state index in [1.807, 2.05) is 18.2 Å². The van der Waals surface area contributed by atoms with E-state index >= 15 is 0 Å². The first-order valence-corrected chi connectivity index (χ1v) is 5.00. The van der Waals surface area contributed by atoms with E-state index in [1.165, 1.54) is 7.11 Å². The third kappa shape index (κ3) is 2.36. The van der Waals surface area contributed by atoms with Gasteiger partial charge in [0, 0.05) is 18.3 Å². The highest BCUT2D eigenvalue weighted by atomic mass is 16.7. The van der Waals surface area contributed by atoms with Gasteiger partial charge in [0.2, 0.25) is 6.79 Å². The van der Waals surface area contributed by atoms with Crippen LogP contribution in [0.25, 0.3) is 0 Å². The fraction of sp³-hybridized carbons (Fsp3) is 0.364. The van der Waals surface area contributed by atoms with E-state index in [0.717, 1.165) is 17.2 Å². The number of nitrogens with one attached hydrogen (secondary N) is 1. The molecule has 0 aliphatic carbocycles. The average molecular weight is 223 g/mol. The molecule has 1 aromatic rings. The maximum Gasteiger partial charge on any atom is 0.307 e. The van der Waals surface area contributed by atoms with Crippen molar-refractivity contribution >= 4 is 11.7 Å². The molecule has 0 saturated heterocycles. The molecule has 16 heavy (non-hydrogen) atoms. The number of hydrogen-bond donors (Lipinski definition) is 1. The van der Waals surface area contributed by atoms with Gasteiger partial charge in [-0.25, -0.2) is 0 Å². The Kier molecular flexibility index (Phi) is 3.14. The summed E-state index contributed by atoms with van der Waals surface area (Å²) >= 11 is 0. The molecule has 0 atom stereocenters. The second-order valence-corrected chi connectivity index (χ2v) is 3.32. The van der Waals surface area contributed by atoms with Gasteiger partial charge >= 0.3 is 5.97 Å². The van der Waals surface area contributed by atoms with E-state index in [-0.39, 0.29) is 12.8 Å². The summed E-state index contributed by atoms with van der Waals surface area (Å²) in [5.41, 5.74) is 0.896. The van der Waals surface area contributed by atoms with Gasteiger partial charge in [0.05, 0.1) is 13.5 Å². The number of carbonyl (C=O) groups excluding carboxylic acids is 1. The zero-order valence-corrected chi connectivity index (χ0v) is 8.99. The largest absolute Gasteiger partial charge is 0.469 e. The van der Waals surface area contributed by atoms with E-state index in [9.17, 15) is 4.79 Å². The molecule has 5 nitrogen and oxygen atoms in total. The molecule has 0 bridgehead atoms. The number of methoxy groups -OCH3 is 1. The van der Waals surface area contributed by atoms with Crippen LogP contribution >= 0.6 is 0 Å². The van der Waals surface area contributed by atoms with Gasteiger partial charge in [-0.15, -0.1) is 0 Å². The SMILES string of the molecule is COC(=O)CCNc1ccc2c(c1)OCO2. The van der Waals surface area contributed by atoms with Gasteiger partial charge in [-0.2, -0.15) is 0 Å². The summed E-state index contributed by atoms with van der Waals surface area (Å²) in [6.07, 6.45) is 0.338. The average Bonchev–Trinajstić information content (AvgIpc) is 2.76. The molecule has 0 saturated carbocycles. The van der Waals surface area contributed by atoms with Crippen LogP contribution in [0.3, 0.4) is 0 Å². The van der Waals surface area contributed by atoms with Crippen molar-refractivity contribution in [3.8, 4) is 11.5 Å². The second kappa shape index (κ2) is 4.74. The number of anilines is 1. The van der Waals surface area contributed by atoms with Crippen LogP contribution in [0.15, 0.2) is 18.2 Å². The summed E-state index contributed by atoms with van der Waals surface area (Å²) in [6, 6.07) is 5.56. The summed E-state index contributed by atoms with van der Waals surface area (Å²) in [4.78, 5) is 10.9. The van der Waals surface area contributed by atoms with E-state index in [0.29, 0.717) is 13.0 Å². The quantitative estimate of drug-likeness (QED) is 0.782. The van der Waals surface area contributed by atoms with E-state index in [1.54, 1.807) is 0 Å². The Morgan fingerprint density at radius 1 is 1.44 bits per heavy atom. The van der Waals surface area contributed by atoms with Gasteiger partial charge in [-0.05, 0) is 12.1 Å².